The molecule has 0 aromatic carbocycles. The van der Waals surface area contributed by atoms with Crippen molar-refractivity contribution in [3.05, 3.63) is 23.9 Å². The minimum Gasteiger partial charge on any atom is -0.365 e. The predicted molar refractivity (Wildman–Crippen MR) is 90.3 cm³/mol. The lowest BCUT2D eigenvalue weighted by molar-refractivity contribution is -0.127. The van der Waals surface area contributed by atoms with Gasteiger partial charge >= 0.3 is 0 Å². The van der Waals surface area contributed by atoms with Gasteiger partial charge in [-0.15, -0.1) is 0 Å². The van der Waals surface area contributed by atoms with E-state index in [9.17, 15) is 9.59 Å². The van der Waals surface area contributed by atoms with Gasteiger partial charge in [-0.05, 0) is 24.5 Å². The Morgan fingerprint density at radius 1 is 1.35 bits per heavy atom. The highest BCUT2D eigenvalue weighted by Gasteiger charge is 2.33. The van der Waals surface area contributed by atoms with Gasteiger partial charge in [0.05, 0.1) is 5.56 Å². The molecule has 1 aliphatic rings. The predicted octanol–water partition coefficient (Wildman–Crippen LogP) is 1.84. The molecule has 2 atom stereocenters. The average Bonchev–Trinajstić information content (AvgIpc) is 2.91. The van der Waals surface area contributed by atoms with Crippen molar-refractivity contribution >= 4 is 17.6 Å². The maximum atomic E-state index is 11.9. The van der Waals surface area contributed by atoms with Gasteiger partial charge in [0.25, 0.3) is 5.91 Å². The fourth-order valence-electron chi connectivity index (χ4n) is 3.01. The van der Waals surface area contributed by atoms with Gasteiger partial charge in [-0.3, -0.25) is 9.59 Å². The molecule has 2 heterocycles. The van der Waals surface area contributed by atoms with Crippen LogP contribution in [0.3, 0.4) is 0 Å². The highest BCUT2D eigenvalue weighted by molar-refractivity contribution is 5.93. The maximum absolute atomic E-state index is 11.9. The Bertz CT molecular complexity index is 556. The van der Waals surface area contributed by atoms with Crippen molar-refractivity contribution in [2.24, 2.45) is 5.92 Å². The first-order valence-electron chi connectivity index (χ1n) is 8.12. The quantitative estimate of drug-likeness (QED) is 0.900. The Labute approximate surface area is 137 Å². The number of carbonyl (C=O) groups excluding carboxylic acids is 2. The van der Waals surface area contributed by atoms with Gasteiger partial charge in [0, 0.05) is 46.3 Å². The van der Waals surface area contributed by atoms with Crippen LogP contribution < -0.4 is 5.32 Å². The van der Waals surface area contributed by atoms with Crippen molar-refractivity contribution in [2.45, 2.75) is 32.7 Å². The Kier molecular flexibility index (Phi) is 5.58. The van der Waals surface area contributed by atoms with E-state index in [0.29, 0.717) is 18.0 Å². The number of amides is 2. The topological polar surface area (TPSA) is 65.5 Å². The van der Waals surface area contributed by atoms with E-state index in [4.69, 9.17) is 0 Å². The molecule has 0 aliphatic carbocycles. The summed E-state index contributed by atoms with van der Waals surface area (Å²) in [6.45, 7) is 5.29. The van der Waals surface area contributed by atoms with Crippen LogP contribution in [0.5, 0.6) is 0 Å². The first-order valence-corrected chi connectivity index (χ1v) is 8.12. The summed E-state index contributed by atoms with van der Waals surface area (Å²) in [4.78, 5) is 31.3. The number of nitrogens with one attached hydrogen (secondary N) is 1. The van der Waals surface area contributed by atoms with Crippen LogP contribution in [-0.4, -0.2) is 59.8 Å². The highest BCUT2D eigenvalue weighted by atomic mass is 16.2. The molecule has 2 rings (SSSR count). The third-order valence-electron chi connectivity index (χ3n) is 4.30. The first kappa shape index (κ1) is 17.2. The zero-order chi connectivity index (χ0) is 17.0. The van der Waals surface area contributed by atoms with Gasteiger partial charge < -0.3 is 15.1 Å². The molecule has 1 fully saturated rings. The van der Waals surface area contributed by atoms with Crippen molar-refractivity contribution in [2.75, 3.05) is 32.5 Å². The maximum Gasteiger partial charge on any atom is 0.254 e. The van der Waals surface area contributed by atoms with Gasteiger partial charge in [-0.25, -0.2) is 4.98 Å². The van der Waals surface area contributed by atoms with Crippen molar-refractivity contribution in [3.63, 3.8) is 0 Å². The number of rotatable bonds is 5. The van der Waals surface area contributed by atoms with E-state index in [-0.39, 0.29) is 17.9 Å². The van der Waals surface area contributed by atoms with Crippen LogP contribution in [-0.2, 0) is 4.79 Å². The van der Waals surface area contributed by atoms with Gasteiger partial charge in [-0.1, -0.05) is 13.3 Å². The molecule has 1 saturated heterocycles. The SMILES string of the molecule is CCC[C@@H]1CN(C(C)=O)C[C@H]1Nc1ccc(C(=O)N(C)C)cn1. The third kappa shape index (κ3) is 4.21. The Morgan fingerprint density at radius 3 is 2.61 bits per heavy atom. The smallest absolute Gasteiger partial charge is 0.254 e. The Balaban J connectivity index is 2.05. The molecule has 1 aliphatic heterocycles. The van der Waals surface area contributed by atoms with Crippen LogP contribution in [0.15, 0.2) is 18.3 Å². The molecule has 0 radical (unpaired) electrons. The fourth-order valence-corrected chi connectivity index (χ4v) is 3.01. The summed E-state index contributed by atoms with van der Waals surface area (Å²) < 4.78 is 0. The molecule has 0 saturated carbocycles. The van der Waals surface area contributed by atoms with Crippen molar-refractivity contribution in [1.29, 1.82) is 0 Å². The lowest BCUT2D eigenvalue weighted by atomic mass is 9.98. The summed E-state index contributed by atoms with van der Waals surface area (Å²) in [5.41, 5.74) is 0.572. The Hall–Kier alpha value is -2.11. The summed E-state index contributed by atoms with van der Waals surface area (Å²) in [6, 6.07) is 3.82. The van der Waals surface area contributed by atoms with E-state index >= 15 is 0 Å². The fraction of sp³-hybridized carbons (Fsp3) is 0.588. The zero-order valence-corrected chi connectivity index (χ0v) is 14.4. The molecule has 1 N–H and O–H groups in total. The van der Waals surface area contributed by atoms with Crippen LogP contribution >= 0.6 is 0 Å². The van der Waals surface area contributed by atoms with E-state index < -0.39 is 0 Å². The first-order chi connectivity index (χ1) is 10.9. The minimum atomic E-state index is -0.0588. The molecule has 2 amide bonds. The summed E-state index contributed by atoms with van der Waals surface area (Å²) in [7, 11) is 3.44. The van der Waals surface area contributed by atoms with E-state index in [0.717, 1.165) is 25.2 Å². The number of likely N-dealkylation sites (tertiary alicyclic amines) is 1. The Morgan fingerprint density at radius 2 is 2.09 bits per heavy atom. The van der Waals surface area contributed by atoms with Crippen LogP contribution in [0.1, 0.15) is 37.0 Å². The molecule has 23 heavy (non-hydrogen) atoms. The van der Waals surface area contributed by atoms with E-state index in [1.165, 1.54) is 4.90 Å². The monoisotopic (exact) mass is 318 g/mol. The molecule has 6 nitrogen and oxygen atoms in total. The zero-order valence-electron chi connectivity index (χ0n) is 14.4. The lowest BCUT2D eigenvalue weighted by Gasteiger charge is -2.19. The summed E-state index contributed by atoms with van der Waals surface area (Å²) >= 11 is 0. The molecule has 0 bridgehead atoms. The summed E-state index contributed by atoms with van der Waals surface area (Å²) in [6.07, 6.45) is 3.77. The number of anilines is 1. The average molecular weight is 318 g/mol. The molecule has 1 aromatic rings. The number of nitrogens with zero attached hydrogens (tertiary/aromatic N) is 3. The summed E-state index contributed by atoms with van der Waals surface area (Å²) in [5, 5.41) is 3.43. The van der Waals surface area contributed by atoms with Gasteiger partial charge in [-0.2, -0.15) is 0 Å². The molecule has 0 spiro atoms. The normalized spacial score (nSPS) is 20.4. The standard InChI is InChI=1S/C17H26N4O2/c1-5-6-14-10-21(12(2)22)11-15(14)19-16-8-7-13(9-18-16)17(23)20(3)4/h7-9,14-15H,5-6,10-11H2,1-4H3,(H,18,19)/t14-,15-/m1/s1. The number of hydrogen-bond acceptors (Lipinski definition) is 4. The highest BCUT2D eigenvalue weighted by Crippen LogP contribution is 2.24. The minimum absolute atomic E-state index is 0.0588. The number of aromatic nitrogens is 1. The number of pyridine rings is 1. The largest absolute Gasteiger partial charge is 0.365 e. The lowest BCUT2D eigenvalue weighted by Crippen LogP contribution is -2.31. The summed E-state index contributed by atoms with van der Waals surface area (Å²) in [5.74, 6) is 1.25. The molecule has 1 aromatic heterocycles. The second-order valence-corrected chi connectivity index (χ2v) is 6.36. The van der Waals surface area contributed by atoms with Crippen LogP contribution in [0.2, 0.25) is 0 Å². The number of hydrogen-bond donors (Lipinski definition) is 1. The second-order valence-electron chi connectivity index (χ2n) is 6.36. The van der Waals surface area contributed by atoms with Crippen molar-refractivity contribution in [1.82, 2.24) is 14.8 Å². The van der Waals surface area contributed by atoms with E-state index in [1.807, 2.05) is 11.0 Å². The van der Waals surface area contributed by atoms with Crippen LogP contribution in [0, 0.1) is 5.92 Å². The number of carbonyl (C=O) groups is 2. The van der Waals surface area contributed by atoms with Crippen molar-refractivity contribution in [3.8, 4) is 0 Å². The molecule has 0 unspecified atom stereocenters. The molecule has 6 heteroatoms. The molecular formula is C17H26N4O2. The van der Waals surface area contributed by atoms with Crippen LogP contribution in [0.4, 0.5) is 5.82 Å². The molecule has 126 valence electrons. The molecular weight excluding hydrogens is 292 g/mol. The van der Waals surface area contributed by atoms with Gasteiger partial charge in [0.2, 0.25) is 5.91 Å². The van der Waals surface area contributed by atoms with Gasteiger partial charge in [0.15, 0.2) is 0 Å². The second kappa shape index (κ2) is 7.44. The van der Waals surface area contributed by atoms with E-state index in [2.05, 4.69) is 17.2 Å². The van der Waals surface area contributed by atoms with Crippen LogP contribution in [0.25, 0.3) is 0 Å². The van der Waals surface area contributed by atoms with E-state index in [1.54, 1.807) is 33.3 Å². The van der Waals surface area contributed by atoms with Gasteiger partial charge in [0.1, 0.15) is 5.82 Å². The third-order valence-corrected chi connectivity index (χ3v) is 4.30. The van der Waals surface area contributed by atoms with Crippen molar-refractivity contribution < 1.29 is 9.59 Å².